The van der Waals surface area contributed by atoms with Gasteiger partial charge in [0.05, 0.1) is 5.52 Å². The number of nitrogens with zero attached hydrogens (tertiary/aromatic N) is 5. The van der Waals surface area contributed by atoms with Gasteiger partial charge in [0, 0.05) is 42.2 Å². The van der Waals surface area contributed by atoms with Gasteiger partial charge in [-0.1, -0.05) is 24.1 Å². The molecule has 0 spiro atoms. The predicted octanol–water partition coefficient (Wildman–Crippen LogP) is 4.23. The molecule has 5 rings (SSSR count). The van der Waals surface area contributed by atoms with E-state index in [9.17, 15) is 22.8 Å². The van der Waals surface area contributed by atoms with Crippen molar-refractivity contribution in [3.05, 3.63) is 58.5 Å². The van der Waals surface area contributed by atoms with Crippen LogP contribution in [-0.4, -0.2) is 68.5 Å². The quantitative estimate of drug-likeness (QED) is 0.456. The normalized spacial score (nSPS) is 17.4. The molecule has 11 heteroatoms. The first-order valence-corrected chi connectivity index (χ1v) is 12.3. The number of amides is 1. The molecule has 0 atom stereocenters. The van der Waals surface area contributed by atoms with Crippen molar-refractivity contribution >= 4 is 34.2 Å². The first-order valence-electron chi connectivity index (χ1n) is 11.9. The summed E-state index contributed by atoms with van der Waals surface area (Å²) in [4.78, 5) is 33.1. The molecule has 2 aliphatic heterocycles. The lowest BCUT2D eigenvalue weighted by atomic mass is 10.0. The van der Waals surface area contributed by atoms with Gasteiger partial charge in [-0.05, 0) is 55.8 Å². The van der Waals surface area contributed by atoms with E-state index in [4.69, 9.17) is 11.6 Å². The fraction of sp³-hybridized carbons (Fsp3) is 0.440. The first-order chi connectivity index (χ1) is 17.2. The molecule has 3 aromatic rings. The summed E-state index contributed by atoms with van der Waals surface area (Å²) in [7, 11) is 0. The van der Waals surface area contributed by atoms with Gasteiger partial charge in [0.25, 0.3) is 0 Å². The van der Waals surface area contributed by atoms with Crippen LogP contribution < -0.4 is 0 Å². The molecular weight excluding hydrogens is 495 g/mol. The third-order valence-electron chi connectivity index (χ3n) is 6.82. The van der Waals surface area contributed by atoms with Crippen LogP contribution in [0.2, 0.25) is 5.02 Å². The zero-order chi connectivity index (χ0) is 25.4. The van der Waals surface area contributed by atoms with Gasteiger partial charge in [0.15, 0.2) is 5.78 Å². The molecular formula is C25H25ClF3N5O2. The highest BCUT2D eigenvalue weighted by molar-refractivity contribution is 6.32. The number of rotatable bonds is 6. The number of pyridine rings is 1. The summed E-state index contributed by atoms with van der Waals surface area (Å²) in [5, 5.41) is 5.38. The highest BCUT2D eigenvalue weighted by Crippen LogP contribution is 2.28. The number of piperidine rings is 1. The first kappa shape index (κ1) is 24.7. The Morgan fingerprint density at radius 2 is 1.83 bits per heavy atom. The smallest absolute Gasteiger partial charge is 0.338 e. The van der Waals surface area contributed by atoms with Gasteiger partial charge >= 0.3 is 6.18 Å². The van der Waals surface area contributed by atoms with E-state index in [1.807, 2.05) is 4.90 Å². The number of halogens is 4. The second kappa shape index (κ2) is 9.82. The third-order valence-corrected chi connectivity index (χ3v) is 7.17. The summed E-state index contributed by atoms with van der Waals surface area (Å²) in [6.07, 6.45) is 0.582. The molecule has 7 nitrogen and oxygen atoms in total. The van der Waals surface area contributed by atoms with Crippen LogP contribution in [0.5, 0.6) is 0 Å². The molecule has 2 saturated heterocycles. The number of carbonyl (C=O) groups is 2. The van der Waals surface area contributed by atoms with Crippen LogP contribution in [0.1, 0.15) is 41.0 Å². The van der Waals surface area contributed by atoms with Gasteiger partial charge in [0.2, 0.25) is 5.91 Å². The zero-order valence-electron chi connectivity index (χ0n) is 19.5. The number of hydrogen-bond acceptors (Lipinski definition) is 5. The zero-order valence-corrected chi connectivity index (χ0v) is 20.2. The Balaban J connectivity index is 1.24. The van der Waals surface area contributed by atoms with Gasteiger partial charge in [-0.2, -0.15) is 18.3 Å². The molecule has 4 heterocycles. The second-order valence-electron chi connectivity index (χ2n) is 9.38. The molecule has 0 aliphatic carbocycles. The number of aromatic nitrogens is 3. The summed E-state index contributed by atoms with van der Waals surface area (Å²) in [5.74, 6) is -0.584. The number of likely N-dealkylation sites (tertiary alicyclic amines) is 2. The molecule has 1 amide bonds. The monoisotopic (exact) mass is 519 g/mol. The van der Waals surface area contributed by atoms with E-state index >= 15 is 0 Å². The van der Waals surface area contributed by atoms with Crippen LogP contribution in [0, 0.1) is 0 Å². The van der Waals surface area contributed by atoms with Gasteiger partial charge < -0.3 is 4.90 Å². The SMILES string of the molecule is O=C(Cc1cc2cn(CC(=O)N3CC(N4CCCCC4)C3)nc2cc1Cl)c1cccc(C(F)(F)F)n1. The maximum Gasteiger partial charge on any atom is 0.433 e. The summed E-state index contributed by atoms with van der Waals surface area (Å²) in [6, 6.07) is 6.93. The van der Waals surface area contributed by atoms with Crippen LogP contribution in [0.15, 0.2) is 36.5 Å². The summed E-state index contributed by atoms with van der Waals surface area (Å²) >= 11 is 6.34. The molecule has 0 radical (unpaired) electrons. The van der Waals surface area contributed by atoms with Gasteiger partial charge in [-0.15, -0.1) is 0 Å². The minimum absolute atomic E-state index is 0.00631. The fourth-order valence-electron chi connectivity index (χ4n) is 4.78. The van der Waals surface area contributed by atoms with Crippen molar-refractivity contribution in [1.29, 1.82) is 0 Å². The highest BCUT2D eigenvalue weighted by Gasteiger charge is 2.35. The van der Waals surface area contributed by atoms with Crippen LogP contribution in [-0.2, 0) is 23.9 Å². The lowest BCUT2D eigenvalue weighted by molar-refractivity contribution is -0.141. The Bertz CT molecular complexity index is 1300. The van der Waals surface area contributed by atoms with Crippen LogP contribution in [0.3, 0.4) is 0 Å². The van der Waals surface area contributed by atoms with Crippen molar-refractivity contribution in [2.24, 2.45) is 0 Å². The average Bonchev–Trinajstić information content (AvgIpc) is 3.19. The van der Waals surface area contributed by atoms with Gasteiger partial charge in [0.1, 0.15) is 17.9 Å². The van der Waals surface area contributed by atoms with Crippen molar-refractivity contribution in [3.8, 4) is 0 Å². The Kier molecular flexibility index (Phi) is 6.74. The number of Topliss-reactive ketones (excluding diaryl/α,β-unsaturated/α-hetero) is 1. The lowest BCUT2D eigenvalue weighted by Gasteiger charge is -2.46. The van der Waals surface area contributed by atoms with Crippen molar-refractivity contribution in [2.75, 3.05) is 26.2 Å². The number of alkyl halides is 3. The van der Waals surface area contributed by atoms with Gasteiger partial charge in [-0.3, -0.25) is 19.2 Å². The molecule has 2 aliphatic rings. The average molecular weight is 520 g/mol. The van der Waals surface area contributed by atoms with Crippen LogP contribution >= 0.6 is 11.6 Å². The topological polar surface area (TPSA) is 71.3 Å². The maximum atomic E-state index is 12.9. The van der Waals surface area contributed by atoms with Crippen molar-refractivity contribution in [3.63, 3.8) is 0 Å². The molecule has 190 valence electrons. The third kappa shape index (κ3) is 5.24. The molecule has 0 bridgehead atoms. The Morgan fingerprint density at radius 3 is 2.56 bits per heavy atom. The molecule has 1 aromatic carbocycles. The number of ketones is 1. The van der Waals surface area contributed by atoms with E-state index in [1.165, 1.54) is 25.3 Å². The number of benzene rings is 1. The van der Waals surface area contributed by atoms with E-state index in [1.54, 1.807) is 23.0 Å². The Hall–Kier alpha value is -2.98. The summed E-state index contributed by atoms with van der Waals surface area (Å²) < 4.78 is 40.4. The summed E-state index contributed by atoms with van der Waals surface area (Å²) in [5.41, 5.74) is -0.382. The predicted molar refractivity (Wildman–Crippen MR) is 128 cm³/mol. The fourth-order valence-corrected chi connectivity index (χ4v) is 5.01. The largest absolute Gasteiger partial charge is 0.433 e. The molecule has 2 aromatic heterocycles. The highest BCUT2D eigenvalue weighted by atomic mass is 35.5. The maximum absolute atomic E-state index is 12.9. The Morgan fingerprint density at radius 1 is 1.08 bits per heavy atom. The van der Waals surface area contributed by atoms with E-state index < -0.39 is 17.7 Å². The molecule has 2 fully saturated rings. The lowest BCUT2D eigenvalue weighted by Crippen LogP contribution is -2.62. The number of fused-ring (bicyclic) bond motifs is 1. The van der Waals surface area contributed by atoms with E-state index in [2.05, 4.69) is 15.0 Å². The number of hydrogen-bond donors (Lipinski definition) is 0. The van der Waals surface area contributed by atoms with Crippen molar-refractivity contribution in [2.45, 2.75) is 44.4 Å². The summed E-state index contributed by atoms with van der Waals surface area (Å²) in [6.45, 7) is 3.78. The Labute approximate surface area is 210 Å². The van der Waals surface area contributed by atoms with E-state index in [0.29, 0.717) is 22.5 Å². The number of carbonyl (C=O) groups excluding carboxylic acids is 2. The molecule has 0 N–H and O–H groups in total. The minimum Gasteiger partial charge on any atom is -0.338 e. The molecule has 36 heavy (non-hydrogen) atoms. The van der Waals surface area contributed by atoms with Crippen LogP contribution in [0.25, 0.3) is 10.9 Å². The van der Waals surface area contributed by atoms with Crippen molar-refractivity contribution < 1.29 is 22.8 Å². The minimum atomic E-state index is -4.64. The standard InChI is InChI=1S/C25H25ClF3N5O2/c26-19-11-21-17(9-16(19)10-22(35)20-5-4-6-23(30-20)25(27,28)29)12-34(31-21)15-24(36)33-13-18(14-33)32-7-2-1-3-8-32/h4-6,9,11-12,18H,1-3,7-8,10,13-15H2. The van der Waals surface area contributed by atoms with Crippen LogP contribution in [0.4, 0.5) is 13.2 Å². The van der Waals surface area contributed by atoms with Crippen molar-refractivity contribution in [1.82, 2.24) is 24.6 Å². The molecule has 0 saturated carbocycles. The van der Waals surface area contributed by atoms with E-state index in [-0.39, 0.29) is 29.6 Å². The van der Waals surface area contributed by atoms with E-state index in [0.717, 1.165) is 38.3 Å². The second-order valence-corrected chi connectivity index (χ2v) is 9.79. The van der Waals surface area contributed by atoms with Gasteiger partial charge in [-0.25, -0.2) is 4.98 Å². The molecule has 0 unspecified atom stereocenters.